The van der Waals surface area contributed by atoms with Crippen molar-refractivity contribution < 1.29 is 5.11 Å². The van der Waals surface area contributed by atoms with E-state index < -0.39 is 0 Å². The van der Waals surface area contributed by atoms with Gasteiger partial charge < -0.3 is 10.0 Å². The third-order valence-corrected chi connectivity index (χ3v) is 3.23. The SMILES string of the molecule is CCN(CC)CC1CCC(O)CC1. The fourth-order valence-electron chi connectivity index (χ4n) is 2.17. The lowest BCUT2D eigenvalue weighted by Gasteiger charge is -2.29. The molecule has 1 N–H and O–H groups in total. The molecule has 0 heterocycles. The van der Waals surface area contributed by atoms with Gasteiger partial charge in [-0.15, -0.1) is 0 Å². The normalized spacial score (nSPS) is 29.5. The monoisotopic (exact) mass is 185 g/mol. The first kappa shape index (κ1) is 11.0. The molecule has 1 aliphatic rings. The van der Waals surface area contributed by atoms with Gasteiger partial charge in [-0.1, -0.05) is 13.8 Å². The fraction of sp³-hybridized carbons (Fsp3) is 1.00. The predicted molar refractivity (Wildman–Crippen MR) is 55.8 cm³/mol. The molecule has 0 atom stereocenters. The smallest absolute Gasteiger partial charge is 0.0540 e. The minimum absolute atomic E-state index is 0.00652. The Labute approximate surface area is 81.9 Å². The molecule has 0 amide bonds. The van der Waals surface area contributed by atoms with Crippen LogP contribution in [0.5, 0.6) is 0 Å². The molecule has 0 aromatic carbocycles. The van der Waals surface area contributed by atoms with Crippen molar-refractivity contribution in [1.29, 1.82) is 0 Å². The van der Waals surface area contributed by atoms with Crippen LogP contribution in [-0.4, -0.2) is 35.7 Å². The van der Waals surface area contributed by atoms with Gasteiger partial charge in [0.05, 0.1) is 6.10 Å². The summed E-state index contributed by atoms with van der Waals surface area (Å²) in [6, 6.07) is 0. The van der Waals surface area contributed by atoms with E-state index in [1.54, 1.807) is 0 Å². The fourth-order valence-corrected chi connectivity index (χ4v) is 2.17. The Morgan fingerprint density at radius 3 is 2.08 bits per heavy atom. The van der Waals surface area contributed by atoms with E-state index in [-0.39, 0.29) is 6.10 Å². The molecule has 0 radical (unpaired) electrons. The summed E-state index contributed by atoms with van der Waals surface area (Å²) >= 11 is 0. The molecule has 0 saturated heterocycles. The molecule has 1 aliphatic carbocycles. The van der Waals surface area contributed by atoms with Crippen molar-refractivity contribution in [3.05, 3.63) is 0 Å². The zero-order valence-corrected chi connectivity index (χ0v) is 9.00. The number of nitrogens with zero attached hydrogens (tertiary/aromatic N) is 1. The Balaban J connectivity index is 2.21. The zero-order chi connectivity index (χ0) is 9.68. The van der Waals surface area contributed by atoms with Gasteiger partial charge in [-0.25, -0.2) is 0 Å². The van der Waals surface area contributed by atoms with E-state index in [1.165, 1.54) is 19.4 Å². The standard InChI is InChI=1S/C11H23NO/c1-3-12(4-2)9-10-5-7-11(13)8-6-10/h10-11,13H,3-9H2,1-2H3. The van der Waals surface area contributed by atoms with Crippen LogP contribution in [0.15, 0.2) is 0 Å². The average Bonchev–Trinajstić information content (AvgIpc) is 2.17. The summed E-state index contributed by atoms with van der Waals surface area (Å²) in [6.07, 6.45) is 4.47. The van der Waals surface area contributed by atoms with Gasteiger partial charge in [-0.3, -0.25) is 0 Å². The second-order valence-corrected chi connectivity index (χ2v) is 4.16. The first-order chi connectivity index (χ1) is 6.26. The van der Waals surface area contributed by atoms with Crippen molar-refractivity contribution in [3.8, 4) is 0 Å². The maximum atomic E-state index is 9.36. The summed E-state index contributed by atoms with van der Waals surface area (Å²) in [5, 5.41) is 9.36. The molecule has 78 valence electrons. The summed E-state index contributed by atoms with van der Waals surface area (Å²) in [6.45, 7) is 8.01. The van der Waals surface area contributed by atoms with E-state index in [1.807, 2.05) is 0 Å². The second-order valence-electron chi connectivity index (χ2n) is 4.16. The molecule has 1 rings (SSSR count). The van der Waals surface area contributed by atoms with Crippen LogP contribution in [0.4, 0.5) is 0 Å². The molecule has 1 fully saturated rings. The highest BCUT2D eigenvalue weighted by atomic mass is 16.3. The number of aliphatic hydroxyl groups excluding tert-OH is 1. The van der Waals surface area contributed by atoms with Crippen LogP contribution in [-0.2, 0) is 0 Å². The number of hydrogen-bond donors (Lipinski definition) is 1. The molecule has 2 heteroatoms. The van der Waals surface area contributed by atoms with Gasteiger partial charge in [0.25, 0.3) is 0 Å². The number of hydrogen-bond acceptors (Lipinski definition) is 2. The van der Waals surface area contributed by atoms with E-state index in [2.05, 4.69) is 18.7 Å². The lowest BCUT2D eigenvalue weighted by molar-refractivity contribution is 0.0955. The number of aliphatic hydroxyl groups is 1. The molecule has 0 spiro atoms. The maximum absolute atomic E-state index is 9.36. The van der Waals surface area contributed by atoms with Gasteiger partial charge in [0, 0.05) is 6.54 Å². The van der Waals surface area contributed by atoms with Crippen LogP contribution < -0.4 is 0 Å². The largest absolute Gasteiger partial charge is 0.393 e. The van der Waals surface area contributed by atoms with Gasteiger partial charge in [-0.2, -0.15) is 0 Å². The minimum Gasteiger partial charge on any atom is -0.393 e. The Kier molecular flexibility index (Phi) is 4.74. The van der Waals surface area contributed by atoms with Crippen LogP contribution >= 0.6 is 0 Å². The van der Waals surface area contributed by atoms with Gasteiger partial charge in [0.2, 0.25) is 0 Å². The van der Waals surface area contributed by atoms with Crippen LogP contribution in [0.3, 0.4) is 0 Å². The molecular weight excluding hydrogens is 162 g/mol. The molecule has 0 aromatic rings. The van der Waals surface area contributed by atoms with Crippen molar-refractivity contribution in [1.82, 2.24) is 4.90 Å². The first-order valence-corrected chi connectivity index (χ1v) is 5.66. The topological polar surface area (TPSA) is 23.5 Å². The molecule has 1 saturated carbocycles. The third-order valence-electron chi connectivity index (χ3n) is 3.23. The minimum atomic E-state index is -0.00652. The van der Waals surface area contributed by atoms with Crippen LogP contribution in [0.2, 0.25) is 0 Å². The molecule has 13 heavy (non-hydrogen) atoms. The summed E-state index contributed by atoms with van der Waals surface area (Å²) in [7, 11) is 0. The van der Waals surface area contributed by atoms with Gasteiger partial charge in [-0.05, 0) is 44.7 Å². The molecule has 0 unspecified atom stereocenters. The van der Waals surface area contributed by atoms with Crippen molar-refractivity contribution in [3.63, 3.8) is 0 Å². The van der Waals surface area contributed by atoms with E-state index in [9.17, 15) is 5.11 Å². The zero-order valence-electron chi connectivity index (χ0n) is 9.00. The summed E-state index contributed by atoms with van der Waals surface area (Å²) < 4.78 is 0. The van der Waals surface area contributed by atoms with Crippen molar-refractivity contribution in [2.75, 3.05) is 19.6 Å². The van der Waals surface area contributed by atoms with E-state index in [4.69, 9.17) is 0 Å². The summed E-state index contributed by atoms with van der Waals surface area (Å²) in [5.74, 6) is 0.836. The Morgan fingerprint density at radius 1 is 1.08 bits per heavy atom. The molecular formula is C11H23NO. The quantitative estimate of drug-likeness (QED) is 0.723. The van der Waals surface area contributed by atoms with Crippen molar-refractivity contribution in [2.24, 2.45) is 5.92 Å². The Hall–Kier alpha value is -0.0800. The highest BCUT2D eigenvalue weighted by Gasteiger charge is 2.20. The summed E-state index contributed by atoms with van der Waals surface area (Å²) in [4.78, 5) is 2.49. The number of rotatable bonds is 4. The Morgan fingerprint density at radius 2 is 1.62 bits per heavy atom. The molecule has 2 nitrogen and oxygen atoms in total. The predicted octanol–water partition coefficient (Wildman–Crippen LogP) is 1.88. The van der Waals surface area contributed by atoms with E-state index >= 15 is 0 Å². The van der Waals surface area contributed by atoms with Crippen molar-refractivity contribution >= 4 is 0 Å². The highest BCUT2D eigenvalue weighted by Crippen LogP contribution is 2.24. The van der Waals surface area contributed by atoms with Crippen LogP contribution in [0, 0.1) is 5.92 Å². The average molecular weight is 185 g/mol. The lowest BCUT2D eigenvalue weighted by Crippen LogP contribution is -2.32. The highest BCUT2D eigenvalue weighted by molar-refractivity contribution is 4.73. The van der Waals surface area contributed by atoms with Gasteiger partial charge in [0.1, 0.15) is 0 Å². The van der Waals surface area contributed by atoms with Gasteiger partial charge >= 0.3 is 0 Å². The van der Waals surface area contributed by atoms with Crippen molar-refractivity contribution in [2.45, 2.75) is 45.6 Å². The second kappa shape index (κ2) is 5.61. The van der Waals surface area contributed by atoms with Crippen LogP contribution in [0.1, 0.15) is 39.5 Å². The van der Waals surface area contributed by atoms with E-state index in [0.717, 1.165) is 31.8 Å². The molecule has 0 aliphatic heterocycles. The first-order valence-electron chi connectivity index (χ1n) is 5.66. The van der Waals surface area contributed by atoms with Gasteiger partial charge in [0.15, 0.2) is 0 Å². The molecule has 0 bridgehead atoms. The Bertz CT molecular complexity index is 126. The van der Waals surface area contributed by atoms with E-state index in [0.29, 0.717) is 0 Å². The third kappa shape index (κ3) is 3.65. The lowest BCUT2D eigenvalue weighted by atomic mass is 9.87. The maximum Gasteiger partial charge on any atom is 0.0540 e. The molecule has 0 aromatic heterocycles. The van der Waals surface area contributed by atoms with Crippen LogP contribution in [0.25, 0.3) is 0 Å². The summed E-state index contributed by atoms with van der Waals surface area (Å²) in [5.41, 5.74) is 0.